The number of rotatable bonds is 2. The first-order valence-corrected chi connectivity index (χ1v) is 6.29. The third-order valence-electron chi connectivity index (χ3n) is 5.09. The lowest BCUT2D eigenvalue weighted by atomic mass is 9.47. The Kier molecular flexibility index (Phi) is 2.15. The fourth-order valence-electron chi connectivity index (χ4n) is 4.70. The van der Waals surface area contributed by atoms with Gasteiger partial charge in [0.05, 0.1) is 0 Å². The molecule has 4 fully saturated rings. The van der Waals surface area contributed by atoms with E-state index in [-0.39, 0.29) is 17.4 Å². The molecular formula is C12H18N2O3. The fourth-order valence-corrected chi connectivity index (χ4v) is 4.70. The summed E-state index contributed by atoms with van der Waals surface area (Å²) in [4.78, 5) is 22.5. The fraction of sp³-hybridized carbons (Fsp3) is 0.833. The van der Waals surface area contributed by atoms with Crippen LogP contribution in [0.25, 0.3) is 0 Å². The van der Waals surface area contributed by atoms with Crippen molar-refractivity contribution in [3.8, 4) is 0 Å². The van der Waals surface area contributed by atoms with Gasteiger partial charge >= 0.3 is 6.09 Å². The maximum Gasteiger partial charge on any atom is 0.404 e. The van der Waals surface area contributed by atoms with Gasteiger partial charge in [0.25, 0.3) is 0 Å². The van der Waals surface area contributed by atoms with Gasteiger partial charge < -0.3 is 16.2 Å². The van der Waals surface area contributed by atoms with Gasteiger partial charge in [-0.1, -0.05) is 0 Å². The summed E-state index contributed by atoms with van der Waals surface area (Å²) in [6, 6.07) is 0.0384. The second-order valence-corrected chi connectivity index (χ2v) is 6.09. The van der Waals surface area contributed by atoms with E-state index in [9.17, 15) is 9.59 Å². The van der Waals surface area contributed by atoms with Crippen molar-refractivity contribution in [2.24, 2.45) is 28.9 Å². The van der Waals surface area contributed by atoms with Crippen LogP contribution in [0.15, 0.2) is 0 Å². The monoisotopic (exact) mass is 238 g/mol. The number of hydrogen-bond acceptors (Lipinski definition) is 2. The quantitative estimate of drug-likeness (QED) is 0.668. The van der Waals surface area contributed by atoms with Crippen LogP contribution >= 0.6 is 0 Å². The number of amides is 2. The molecular weight excluding hydrogens is 220 g/mol. The molecule has 17 heavy (non-hydrogen) atoms. The third-order valence-corrected chi connectivity index (χ3v) is 5.09. The van der Waals surface area contributed by atoms with Gasteiger partial charge in [-0.25, -0.2) is 4.79 Å². The normalized spacial score (nSPS) is 46.8. The van der Waals surface area contributed by atoms with Gasteiger partial charge in [0.1, 0.15) is 0 Å². The lowest BCUT2D eigenvalue weighted by molar-refractivity contribution is -0.145. The molecule has 5 heteroatoms. The standard InChI is InChI=1S/C12H18N2O3/c13-10(15)12-3-6-1-7(4-12)9(14-11(16)17)8(2-6)5-12/h6-9,14H,1-5H2,(H2,13,15)(H,16,17). The van der Waals surface area contributed by atoms with Crippen LogP contribution in [0.4, 0.5) is 4.79 Å². The first-order chi connectivity index (χ1) is 8.00. The highest BCUT2D eigenvalue weighted by Gasteiger charge is 2.58. The Morgan fingerprint density at radius 2 is 1.76 bits per heavy atom. The Bertz CT molecular complexity index is 366. The molecule has 4 N–H and O–H groups in total. The van der Waals surface area contributed by atoms with Gasteiger partial charge in [0.15, 0.2) is 0 Å². The third kappa shape index (κ3) is 1.51. The summed E-state index contributed by atoms with van der Waals surface area (Å²) in [5, 5.41) is 11.5. The zero-order chi connectivity index (χ0) is 12.2. The molecule has 5 nitrogen and oxygen atoms in total. The van der Waals surface area contributed by atoms with Gasteiger partial charge in [0, 0.05) is 11.5 Å². The number of carboxylic acid groups (broad SMARTS) is 1. The van der Waals surface area contributed by atoms with Crippen molar-refractivity contribution in [2.45, 2.75) is 38.1 Å². The van der Waals surface area contributed by atoms with E-state index in [1.54, 1.807) is 0 Å². The second kappa shape index (κ2) is 3.37. The first-order valence-electron chi connectivity index (χ1n) is 6.29. The predicted molar refractivity (Wildman–Crippen MR) is 60.1 cm³/mol. The number of carbonyl (C=O) groups is 2. The minimum Gasteiger partial charge on any atom is -0.465 e. The van der Waals surface area contributed by atoms with Gasteiger partial charge in [-0.05, 0) is 49.9 Å². The SMILES string of the molecule is NC(=O)C12CC3CC(C1)C(NC(=O)O)C(C3)C2. The molecule has 2 atom stereocenters. The van der Waals surface area contributed by atoms with Crippen LogP contribution in [0.2, 0.25) is 0 Å². The Balaban J connectivity index is 1.85. The van der Waals surface area contributed by atoms with E-state index in [1.165, 1.54) is 0 Å². The van der Waals surface area contributed by atoms with E-state index < -0.39 is 6.09 Å². The topological polar surface area (TPSA) is 92.4 Å². The molecule has 2 amide bonds. The van der Waals surface area contributed by atoms with Gasteiger partial charge in [-0.3, -0.25) is 4.79 Å². The van der Waals surface area contributed by atoms with E-state index in [1.807, 2.05) is 0 Å². The molecule has 4 aliphatic rings. The molecule has 0 aromatic heterocycles. The highest BCUT2D eigenvalue weighted by atomic mass is 16.4. The second-order valence-electron chi connectivity index (χ2n) is 6.09. The molecule has 0 aromatic carbocycles. The summed E-state index contributed by atoms with van der Waals surface area (Å²) in [5.41, 5.74) is 5.24. The molecule has 0 aliphatic heterocycles. The molecule has 4 bridgehead atoms. The zero-order valence-corrected chi connectivity index (χ0v) is 9.69. The van der Waals surface area contributed by atoms with Crippen molar-refractivity contribution >= 4 is 12.0 Å². The number of primary amides is 1. The van der Waals surface area contributed by atoms with Crippen LogP contribution in [0, 0.1) is 23.2 Å². The summed E-state index contributed by atoms with van der Waals surface area (Å²) in [6.07, 6.45) is 3.64. The van der Waals surface area contributed by atoms with E-state index >= 15 is 0 Å². The van der Waals surface area contributed by atoms with Crippen LogP contribution < -0.4 is 11.1 Å². The van der Waals surface area contributed by atoms with E-state index in [0.717, 1.165) is 32.1 Å². The predicted octanol–water partition coefficient (Wildman–Crippen LogP) is 0.934. The number of hydrogen-bond donors (Lipinski definition) is 3. The van der Waals surface area contributed by atoms with Crippen LogP contribution in [0.1, 0.15) is 32.1 Å². The van der Waals surface area contributed by atoms with Crippen molar-refractivity contribution in [1.82, 2.24) is 5.32 Å². The maximum absolute atomic E-state index is 11.7. The summed E-state index contributed by atoms with van der Waals surface area (Å²) in [6.45, 7) is 0. The Morgan fingerprint density at radius 1 is 1.18 bits per heavy atom. The number of carbonyl (C=O) groups excluding carboxylic acids is 1. The number of nitrogens with one attached hydrogen (secondary N) is 1. The van der Waals surface area contributed by atoms with Crippen molar-refractivity contribution in [2.75, 3.05) is 0 Å². The minimum atomic E-state index is -0.949. The van der Waals surface area contributed by atoms with E-state index in [0.29, 0.717) is 17.8 Å². The molecule has 94 valence electrons. The van der Waals surface area contributed by atoms with E-state index in [4.69, 9.17) is 10.8 Å². The summed E-state index contributed by atoms with van der Waals surface area (Å²) < 4.78 is 0. The highest BCUT2D eigenvalue weighted by molar-refractivity contribution is 5.81. The maximum atomic E-state index is 11.7. The number of nitrogens with two attached hydrogens (primary N) is 1. The molecule has 4 aliphatic carbocycles. The van der Waals surface area contributed by atoms with Crippen molar-refractivity contribution in [3.05, 3.63) is 0 Å². The van der Waals surface area contributed by atoms with Crippen molar-refractivity contribution < 1.29 is 14.7 Å². The van der Waals surface area contributed by atoms with Gasteiger partial charge in [0.2, 0.25) is 5.91 Å². The van der Waals surface area contributed by atoms with Crippen LogP contribution in [-0.4, -0.2) is 23.1 Å². The largest absolute Gasteiger partial charge is 0.465 e. The molecule has 4 saturated carbocycles. The average Bonchev–Trinajstić information content (AvgIpc) is 2.22. The molecule has 4 rings (SSSR count). The molecule has 0 heterocycles. The van der Waals surface area contributed by atoms with Crippen LogP contribution in [0.5, 0.6) is 0 Å². The summed E-state index contributed by atoms with van der Waals surface area (Å²) in [5.74, 6) is 1.02. The molecule has 0 radical (unpaired) electrons. The van der Waals surface area contributed by atoms with Gasteiger partial charge in [-0.15, -0.1) is 0 Å². The molecule has 0 saturated heterocycles. The summed E-state index contributed by atoms with van der Waals surface area (Å²) in [7, 11) is 0. The molecule has 2 unspecified atom stereocenters. The Labute approximate surface area is 99.7 Å². The van der Waals surface area contributed by atoms with Gasteiger partial charge in [-0.2, -0.15) is 0 Å². The first kappa shape index (κ1) is 10.9. The lowest BCUT2D eigenvalue weighted by Gasteiger charge is -2.58. The van der Waals surface area contributed by atoms with E-state index in [2.05, 4.69) is 5.32 Å². The van der Waals surface area contributed by atoms with Crippen molar-refractivity contribution in [3.63, 3.8) is 0 Å². The van der Waals surface area contributed by atoms with Crippen LogP contribution in [0.3, 0.4) is 0 Å². The lowest BCUT2D eigenvalue weighted by Crippen LogP contribution is -2.61. The van der Waals surface area contributed by atoms with Crippen LogP contribution in [-0.2, 0) is 4.79 Å². The molecule has 0 spiro atoms. The summed E-state index contributed by atoms with van der Waals surface area (Å²) >= 11 is 0. The Morgan fingerprint density at radius 3 is 2.24 bits per heavy atom. The molecule has 0 aromatic rings. The minimum absolute atomic E-state index is 0.0384. The zero-order valence-electron chi connectivity index (χ0n) is 9.69. The Hall–Kier alpha value is -1.26. The average molecular weight is 238 g/mol. The highest BCUT2D eigenvalue weighted by Crippen LogP contribution is 2.59. The van der Waals surface area contributed by atoms with Crippen molar-refractivity contribution in [1.29, 1.82) is 0 Å². The smallest absolute Gasteiger partial charge is 0.404 e.